The third-order valence-corrected chi connectivity index (χ3v) is 2.87. The van der Waals surface area contributed by atoms with Crippen molar-refractivity contribution in [3.8, 4) is 11.5 Å². The molecule has 0 saturated heterocycles. The predicted molar refractivity (Wildman–Crippen MR) is 69.0 cm³/mol. The van der Waals surface area contributed by atoms with Crippen LogP contribution >= 0.6 is 0 Å². The first-order chi connectivity index (χ1) is 9.39. The van der Waals surface area contributed by atoms with Crippen molar-refractivity contribution in [2.75, 3.05) is 11.9 Å². The van der Waals surface area contributed by atoms with Crippen LogP contribution in [0, 0.1) is 0 Å². The first-order valence-corrected chi connectivity index (χ1v) is 6.33. The molecule has 0 bridgehead atoms. The van der Waals surface area contributed by atoms with Crippen molar-refractivity contribution in [1.29, 1.82) is 0 Å². The van der Waals surface area contributed by atoms with E-state index in [2.05, 4.69) is 20.1 Å². The molecule has 2 rings (SSSR count). The lowest BCUT2D eigenvalue weighted by Crippen LogP contribution is -2.36. The number of benzene rings is 1. The standard InChI is InChI=1S/C13H16F2N2O3/c1-3-8(2)17-12(18)7-16-9-4-5-10-11(6-9)20-13(14,15)19-10/h4-6,8,16H,3,7H2,1-2H3,(H,17,18). The maximum Gasteiger partial charge on any atom is 0.586 e. The van der Waals surface area contributed by atoms with Gasteiger partial charge in [-0.05, 0) is 25.5 Å². The Balaban J connectivity index is 1.91. The molecule has 2 N–H and O–H groups in total. The van der Waals surface area contributed by atoms with E-state index in [0.717, 1.165) is 6.42 Å². The van der Waals surface area contributed by atoms with Gasteiger partial charge in [0.25, 0.3) is 0 Å². The van der Waals surface area contributed by atoms with Crippen LogP contribution in [-0.2, 0) is 4.79 Å². The monoisotopic (exact) mass is 286 g/mol. The fraction of sp³-hybridized carbons (Fsp3) is 0.462. The van der Waals surface area contributed by atoms with Gasteiger partial charge >= 0.3 is 6.29 Å². The lowest BCUT2D eigenvalue weighted by atomic mass is 10.2. The molecule has 1 aliphatic rings. The Labute approximate surface area is 115 Å². The summed E-state index contributed by atoms with van der Waals surface area (Å²) in [6, 6.07) is 4.37. The number of amides is 1. The van der Waals surface area contributed by atoms with Gasteiger partial charge in [0.2, 0.25) is 5.91 Å². The second-order valence-corrected chi connectivity index (χ2v) is 4.56. The molecule has 1 heterocycles. The van der Waals surface area contributed by atoms with Crippen LogP contribution in [-0.4, -0.2) is 24.8 Å². The van der Waals surface area contributed by atoms with Gasteiger partial charge in [-0.15, -0.1) is 8.78 Å². The molecule has 1 amide bonds. The molecule has 0 radical (unpaired) electrons. The highest BCUT2D eigenvalue weighted by atomic mass is 19.3. The van der Waals surface area contributed by atoms with Crippen LogP contribution in [0.1, 0.15) is 20.3 Å². The molecule has 0 fully saturated rings. The quantitative estimate of drug-likeness (QED) is 0.872. The van der Waals surface area contributed by atoms with Crippen LogP contribution < -0.4 is 20.1 Å². The van der Waals surface area contributed by atoms with Gasteiger partial charge in [-0.3, -0.25) is 4.79 Å². The van der Waals surface area contributed by atoms with Gasteiger partial charge in [0.05, 0.1) is 6.54 Å². The van der Waals surface area contributed by atoms with E-state index < -0.39 is 6.29 Å². The Morgan fingerprint density at radius 1 is 1.35 bits per heavy atom. The zero-order chi connectivity index (χ0) is 14.8. The number of ether oxygens (including phenoxy) is 2. The zero-order valence-corrected chi connectivity index (χ0v) is 11.2. The Morgan fingerprint density at radius 2 is 2.05 bits per heavy atom. The number of hydrogen-bond acceptors (Lipinski definition) is 4. The van der Waals surface area contributed by atoms with Crippen LogP contribution in [0.5, 0.6) is 11.5 Å². The summed E-state index contributed by atoms with van der Waals surface area (Å²) in [6.07, 6.45) is -2.79. The fourth-order valence-electron chi connectivity index (χ4n) is 1.67. The summed E-state index contributed by atoms with van der Waals surface area (Å²) in [5.41, 5.74) is 0.504. The number of nitrogens with one attached hydrogen (secondary N) is 2. The van der Waals surface area contributed by atoms with Crippen molar-refractivity contribution in [2.24, 2.45) is 0 Å². The van der Waals surface area contributed by atoms with E-state index in [9.17, 15) is 13.6 Å². The topological polar surface area (TPSA) is 59.6 Å². The number of carbonyl (C=O) groups excluding carboxylic acids is 1. The summed E-state index contributed by atoms with van der Waals surface area (Å²) in [5, 5.41) is 5.63. The van der Waals surface area contributed by atoms with E-state index in [1.165, 1.54) is 12.1 Å². The van der Waals surface area contributed by atoms with E-state index in [4.69, 9.17) is 0 Å². The Bertz CT molecular complexity index is 508. The third kappa shape index (κ3) is 3.49. The van der Waals surface area contributed by atoms with Gasteiger partial charge in [0.15, 0.2) is 11.5 Å². The molecule has 0 aromatic heterocycles. The maximum absolute atomic E-state index is 12.8. The number of fused-ring (bicyclic) bond motifs is 1. The number of alkyl halides is 2. The predicted octanol–water partition coefficient (Wildman–Crippen LogP) is 2.33. The summed E-state index contributed by atoms with van der Waals surface area (Å²) in [4.78, 5) is 11.6. The maximum atomic E-state index is 12.8. The average molecular weight is 286 g/mol. The molecule has 1 unspecified atom stereocenters. The van der Waals surface area contributed by atoms with Crippen molar-refractivity contribution < 1.29 is 23.0 Å². The van der Waals surface area contributed by atoms with Crippen LogP contribution in [0.2, 0.25) is 0 Å². The summed E-state index contributed by atoms with van der Waals surface area (Å²) >= 11 is 0. The minimum Gasteiger partial charge on any atom is -0.395 e. The van der Waals surface area contributed by atoms with Gasteiger partial charge in [0.1, 0.15) is 0 Å². The zero-order valence-electron chi connectivity index (χ0n) is 11.2. The molecule has 7 heteroatoms. The van der Waals surface area contributed by atoms with E-state index in [-0.39, 0.29) is 30.0 Å². The van der Waals surface area contributed by atoms with E-state index >= 15 is 0 Å². The van der Waals surface area contributed by atoms with Crippen LogP contribution in [0.3, 0.4) is 0 Å². The molecule has 110 valence electrons. The molecule has 0 aliphatic carbocycles. The average Bonchev–Trinajstić information content (AvgIpc) is 2.69. The first-order valence-electron chi connectivity index (χ1n) is 6.33. The molecular weight excluding hydrogens is 270 g/mol. The highest BCUT2D eigenvalue weighted by Gasteiger charge is 2.43. The molecule has 1 aromatic carbocycles. The molecule has 1 aliphatic heterocycles. The fourth-order valence-corrected chi connectivity index (χ4v) is 1.67. The number of anilines is 1. The third-order valence-electron chi connectivity index (χ3n) is 2.87. The van der Waals surface area contributed by atoms with Gasteiger partial charge in [-0.25, -0.2) is 0 Å². The molecular formula is C13H16F2N2O3. The van der Waals surface area contributed by atoms with Crippen molar-refractivity contribution in [1.82, 2.24) is 5.32 Å². The second kappa shape index (κ2) is 5.52. The smallest absolute Gasteiger partial charge is 0.395 e. The Kier molecular flexibility index (Phi) is 3.96. The lowest BCUT2D eigenvalue weighted by molar-refractivity contribution is -0.286. The molecule has 1 aromatic rings. The highest BCUT2D eigenvalue weighted by Crippen LogP contribution is 2.42. The van der Waals surface area contributed by atoms with Gasteiger partial charge in [-0.2, -0.15) is 0 Å². The summed E-state index contributed by atoms with van der Waals surface area (Å²) in [6.45, 7) is 3.93. The minimum atomic E-state index is -3.63. The summed E-state index contributed by atoms with van der Waals surface area (Å²) in [5.74, 6) is -0.241. The van der Waals surface area contributed by atoms with Crippen LogP contribution in [0.25, 0.3) is 0 Å². The number of carbonyl (C=O) groups is 1. The highest BCUT2D eigenvalue weighted by molar-refractivity contribution is 5.81. The normalized spacial score (nSPS) is 16.6. The van der Waals surface area contributed by atoms with E-state index in [0.29, 0.717) is 5.69 Å². The van der Waals surface area contributed by atoms with Crippen molar-refractivity contribution in [3.63, 3.8) is 0 Å². The summed E-state index contributed by atoms with van der Waals surface area (Å²) in [7, 11) is 0. The molecule has 0 saturated carbocycles. The molecule has 0 spiro atoms. The molecule has 1 atom stereocenters. The second-order valence-electron chi connectivity index (χ2n) is 4.56. The number of halogens is 2. The Morgan fingerprint density at radius 3 is 2.75 bits per heavy atom. The number of rotatable bonds is 5. The minimum absolute atomic E-state index is 0.0235. The van der Waals surface area contributed by atoms with Crippen molar-refractivity contribution >= 4 is 11.6 Å². The Hall–Kier alpha value is -2.05. The van der Waals surface area contributed by atoms with Crippen LogP contribution in [0.15, 0.2) is 18.2 Å². The van der Waals surface area contributed by atoms with E-state index in [1.807, 2.05) is 13.8 Å². The molecule has 20 heavy (non-hydrogen) atoms. The lowest BCUT2D eigenvalue weighted by Gasteiger charge is -2.12. The van der Waals surface area contributed by atoms with Gasteiger partial charge in [0, 0.05) is 17.8 Å². The first kappa shape index (κ1) is 14.4. The largest absolute Gasteiger partial charge is 0.586 e. The van der Waals surface area contributed by atoms with Crippen molar-refractivity contribution in [2.45, 2.75) is 32.6 Å². The summed E-state index contributed by atoms with van der Waals surface area (Å²) < 4.78 is 34.3. The van der Waals surface area contributed by atoms with Crippen LogP contribution in [0.4, 0.5) is 14.5 Å². The van der Waals surface area contributed by atoms with E-state index in [1.54, 1.807) is 6.07 Å². The van der Waals surface area contributed by atoms with Gasteiger partial charge < -0.3 is 20.1 Å². The SMILES string of the molecule is CCC(C)NC(=O)CNc1ccc2c(c1)OC(F)(F)O2. The van der Waals surface area contributed by atoms with Crippen molar-refractivity contribution in [3.05, 3.63) is 18.2 Å². The van der Waals surface area contributed by atoms with Gasteiger partial charge in [-0.1, -0.05) is 6.92 Å². The number of hydrogen-bond donors (Lipinski definition) is 2. The molecule has 5 nitrogen and oxygen atoms in total.